The molecule has 27 heavy (non-hydrogen) atoms. The van der Waals surface area contributed by atoms with Crippen LogP contribution < -0.4 is 10.6 Å². The molecule has 0 fully saturated rings. The van der Waals surface area contributed by atoms with Crippen LogP contribution in [0.2, 0.25) is 0 Å². The number of hydrogen-bond acceptors (Lipinski definition) is 2. The van der Waals surface area contributed by atoms with Gasteiger partial charge in [-0.2, -0.15) is 0 Å². The van der Waals surface area contributed by atoms with Crippen molar-refractivity contribution in [3.63, 3.8) is 0 Å². The van der Waals surface area contributed by atoms with Crippen LogP contribution in [0, 0.1) is 11.6 Å². The molecule has 0 unspecified atom stereocenters. The van der Waals surface area contributed by atoms with Crippen molar-refractivity contribution in [2.75, 3.05) is 11.9 Å². The number of benzene rings is 2. The lowest BCUT2D eigenvalue weighted by atomic mass is 10.2. The first-order valence-electron chi connectivity index (χ1n) is 8.84. The number of halogens is 2. The number of nitrogens with zero attached hydrogens (tertiary/aromatic N) is 3. The van der Waals surface area contributed by atoms with Gasteiger partial charge in [-0.1, -0.05) is 25.1 Å². The average Bonchev–Trinajstić information content (AvgIpc) is 2.91. The third-order valence-corrected chi connectivity index (χ3v) is 4.57. The van der Waals surface area contributed by atoms with E-state index in [-0.39, 0.29) is 24.3 Å². The van der Waals surface area contributed by atoms with E-state index in [4.69, 9.17) is 0 Å². The quantitative estimate of drug-likeness (QED) is 0.664. The zero-order valence-electron chi connectivity index (χ0n) is 15.3. The van der Waals surface area contributed by atoms with Crippen molar-refractivity contribution in [3.8, 4) is 0 Å². The number of para-hydroxylation sites is 3. The number of hydrogen-bond donors (Lipinski definition) is 0. The molecule has 3 aromatic rings. The molecule has 3 rings (SSSR count). The fraction of sp³-hybridized carbons (Fsp3) is 0.300. The van der Waals surface area contributed by atoms with Crippen molar-refractivity contribution in [3.05, 3.63) is 64.6 Å². The Bertz CT molecular complexity index is 1020. The second kappa shape index (κ2) is 7.73. The lowest BCUT2D eigenvalue weighted by Crippen LogP contribution is -2.31. The van der Waals surface area contributed by atoms with Crippen LogP contribution in [0.3, 0.4) is 0 Å². The molecule has 142 valence electrons. The highest BCUT2D eigenvalue weighted by molar-refractivity contribution is 5.93. The fourth-order valence-corrected chi connectivity index (χ4v) is 3.24. The Morgan fingerprint density at radius 2 is 1.52 bits per heavy atom. The summed E-state index contributed by atoms with van der Waals surface area (Å²) in [6.45, 7) is 2.70. The normalized spacial score (nSPS) is 11.1. The van der Waals surface area contributed by atoms with E-state index in [1.165, 1.54) is 17.7 Å². The smallest absolute Gasteiger partial charge is 0.310 e. The van der Waals surface area contributed by atoms with Crippen molar-refractivity contribution in [1.82, 2.24) is 9.13 Å². The van der Waals surface area contributed by atoms with Gasteiger partial charge in [-0.15, -0.1) is 0 Å². The number of anilines is 1. The fourth-order valence-electron chi connectivity index (χ4n) is 3.24. The van der Waals surface area contributed by atoms with Crippen LogP contribution in [0.1, 0.15) is 19.8 Å². The van der Waals surface area contributed by atoms with Crippen LogP contribution in [-0.4, -0.2) is 22.1 Å². The highest BCUT2D eigenvalue weighted by atomic mass is 19.1. The van der Waals surface area contributed by atoms with E-state index in [2.05, 4.69) is 0 Å². The van der Waals surface area contributed by atoms with Crippen molar-refractivity contribution in [2.45, 2.75) is 32.9 Å². The Labute approximate surface area is 155 Å². The number of amides is 1. The molecule has 0 aliphatic rings. The van der Waals surface area contributed by atoms with Gasteiger partial charge >= 0.3 is 5.69 Å². The van der Waals surface area contributed by atoms with Crippen molar-refractivity contribution >= 4 is 22.6 Å². The van der Waals surface area contributed by atoms with E-state index in [0.717, 1.165) is 34.5 Å². The summed E-state index contributed by atoms with van der Waals surface area (Å²) in [4.78, 5) is 26.2. The van der Waals surface area contributed by atoms with Gasteiger partial charge in [0.1, 0.15) is 17.3 Å². The third kappa shape index (κ3) is 3.49. The van der Waals surface area contributed by atoms with Gasteiger partial charge in [0.05, 0.1) is 11.0 Å². The standard InChI is InChI=1S/C20H21F2N3O2/c1-3-12-24-16-9-4-5-10-17(16)25(20(24)27)13-11-18(26)23(2)19-14(21)7-6-8-15(19)22/h4-10H,3,11-13H2,1-2H3. The molecular weight excluding hydrogens is 352 g/mol. The SMILES string of the molecule is CCCn1c(=O)n(CCC(=O)N(C)c2c(F)cccc2F)c2ccccc21. The number of fused-ring (bicyclic) bond motifs is 1. The summed E-state index contributed by atoms with van der Waals surface area (Å²) in [5.41, 5.74) is 0.975. The topological polar surface area (TPSA) is 47.2 Å². The molecule has 0 aliphatic carbocycles. The highest BCUT2D eigenvalue weighted by Gasteiger charge is 2.20. The molecule has 0 aliphatic heterocycles. The molecule has 1 amide bonds. The second-order valence-corrected chi connectivity index (χ2v) is 6.35. The Balaban J connectivity index is 1.86. The van der Waals surface area contributed by atoms with E-state index >= 15 is 0 Å². The minimum absolute atomic E-state index is 0.0513. The summed E-state index contributed by atoms with van der Waals surface area (Å²) in [7, 11) is 1.33. The molecule has 1 heterocycles. The van der Waals surface area contributed by atoms with Crippen LogP contribution in [-0.2, 0) is 17.9 Å². The zero-order valence-corrected chi connectivity index (χ0v) is 15.3. The van der Waals surface area contributed by atoms with Crippen LogP contribution in [0.25, 0.3) is 11.0 Å². The predicted octanol–water partition coefficient (Wildman–Crippen LogP) is 3.54. The van der Waals surface area contributed by atoms with Gasteiger partial charge in [-0.25, -0.2) is 13.6 Å². The zero-order chi connectivity index (χ0) is 19.6. The molecular formula is C20H21F2N3O2. The average molecular weight is 373 g/mol. The summed E-state index contributed by atoms with van der Waals surface area (Å²) < 4.78 is 31.0. The van der Waals surface area contributed by atoms with Gasteiger partial charge in [0.25, 0.3) is 0 Å². The second-order valence-electron chi connectivity index (χ2n) is 6.35. The number of rotatable bonds is 6. The van der Waals surface area contributed by atoms with Crippen molar-refractivity contribution in [2.24, 2.45) is 0 Å². The molecule has 0 saturated carbocycles. The summed E-state index contributed by atoms with van der Waals surface area (Å²) in [6, 6.07) is 10.8. The largest absolute Gasteiger partial charge is 0.329 e. The van der Waals surface area contributed by atoms with Crippen molar-refractivity contribution < 1.29 is 13.6 Å². The van der Waals surface area contributed by atoms with Crippen LogP contribution in [0.5, 0.6) is 0 Å². The summed E-state index contributed by atoms with van der Waals surface area (Å²) in [6.07, 6.45) is 0.756. The van der Waals surface area contributed by atoms with Crippen LogP contribution in [0.4, 0.5) is 14.5 Å². The lowest BCUT2D eigenvalue weighted by Gasteiger charge is -2.18. The monoisotopic (exact) mass is 373 g/mol. The van der Waals surface area contributed by atoms with E-state index < -0.39 is 17.5 Å². The molecule has 2 aromatic carbocycles. The molecule has 0 bridgehead atoms. The van der Waals surface area contributed by atoms with Gasteiger partial charge < -0.3 is 4.90 Å². The molecule has 0 saturated heterocycles. The van der Waals surface area contributed by atoms with Crippen LogP contribution >= 0.6 is 0 Å². The first-order chi connectivity index (χ1) is 13.0. The van der Waals surface area contributed by atoms with E-state index in [1.54, 1.807) is 4.57 Å². The van der Waals surface area contributed by atoms with Gasteiger partial charge in [-0.3, -0.25) is 13.9 Å². The first kappa shape index (κ1) is 18.8. The Kier molecular flexibility index (Phi) is 5.39. The van der Waals surface area contributed by atoms with E-state index in [1.807, 2.05) is 31.2 Å². The minimum Gasteiger partial charge on any atom is -0.310 e. The summed E-state index contributed by atoms with van der Waals surface area (Å²) in [5.74, 6) is -2.08. The van der Waals surface area contributed by atoms with Gasteiger partial charge in [0.2, 0.25) is 5.91 Å². The Morgan fingerprint density at radius 3 is 2.07 bits per heavy atom. The number of aromatic nitrogens is 2. The number of aryl methyl sites for hydroxylation is 2. The van der Waals surface area contributed by atoms with Crippen molar-refractivity contribution in [1.29, 1.82) is 0 Å². The lowest BCUT2D eigenvalue weighted by molar-refractivity contribution is -0.118. The summed E-state index contributed by atoms with van der Waals surface area (Å²) in [5, 5.41) is 0. The van der Waals surface area contributed by atoms with Crippen LogP contribution in [0.15, 0.2) is 47.3 Å². The first-order valence-corrected chi connectivity index (χ1v) is 8.84. The molecule has 7 heteroatoms. The summed E-state index contributed by atoms with van der Waals surface area (Å²) >= 11 is 0. The minimum atomic E-state index is -0.803. The molecule has 0 radical (unpaired) electrons. The number of carbonyl (C=O) groups excluding carboxylic acids is 1. The maximum Gasteiger partial charge on any atom is 0.329 e. The highest BCUT2D eigenvalue weighted by Crippen LogP contribution is 2.23. The maximum atomic E-state index is 13.9. The molecule has 0 atom stereocenters. The molecule has 5 nitrogen and oxygen atoms in total. The molecule has 0 spiro atoms. The molecule has 1 aromatic heterocycles. The van der Waals surface area contributed by atoms with E-state index in [0.29, 0.717) is 6.54 Å². The Hall–Kier alpha value is -2.96. The number of imidazole rings is 1. The number of carbonyl (C=O) groups is 1. The van der Waals surface area contributed by atoms with E-state index in [9.17, 15) is 18.4 Å². The third-order valence-electron chi connectivity index (χ3n) is 4.57. The Morgan fingerprint density at radius 1 is 0.963 bits per heavy atom. The van der Waals surface area contributed by atoms with Gasteiger partial charge in [-0.05, 0) is 30.7 Å². The molecule has 0 N–H and O–H groups in total. The maximum absolute atomic E-state index is 13.9. The predicted molar refractivity (Wildman–Crippen MR) is 101 cm³/mol. The van der Waals surface area contributed by atoms with Gasteiger partial charge in [0, 0.05) is 26.6 Å². The van der Waals surface area contributed by atoms with Gasteiger partial charge in [0.15, 0.2) is 0 Å².